The Morgan fingerprint density at radius 3 is 1.54 bits per heavy atom. The van der Waals surface area contributed by atoms with Crippen LogP contribution in [0.5, 0.6) is 0 Å². The van der Waals surface area contributed by atoms with Gasteiger partial charge in [0.05, 0.1) is 0 Å². The summed E-state index contributed by atoms with van der Waals surface area (Å²) in [6, 6.07) is -0.295. The lowest BCUT2D eigenvalue weighted by molar-refractivity contribution is -0.143. The number of likely N-dealkylation sites (tertiary alicyclic amines) is 1. The van der Waals surface area contributed by atoms with Crippen LogP contribution in [0.3, 0.4) is 0 Å². The van der Waals surface area contributed by atoms with E-state index in [9.17, 15) is 9.59 Å². The molecule has 0 aromatic carbocycles. The fourth-order valence-electron chi connectivity index (χ4n) is 10.9. The lowest BCUT2D eigenvalue weighted by Crippen LogP contribution is -2.63. The largest absolute Gasteiger partial charge is 0.349 e. The Labute approximate surface area is 310 Å². The van der Waals surface area contributed by atoms with Gasteiger partial charge in [-0.15, -0.1) is 0 Å². The molecule has 1 N–H and O–H groups in total. The van der Waals surface area contributed by atoms with Gasteiger partial charge in [0, 0.05) is 18.5 Å². The van der Waals surface area contributed by atoms with Crippen LogP contribution in [0.25, 0.3) is 0 Å². The molecule has 5 heteroatoms. The smallest absolute Gasteiger partial charge is 0.243 e. The molecule has 4 bridgehead atoms. The van der Waals surface area contributed by atoms with Crippen LogP contribution in [-0.4, -0.2) is 59.4 Å². The van der Waals surface area contributed by atoms with Gasteiger partial charge in [0.1, 0.15) is 6.04 Å². The molecule has 1 heterocycles. The zero-order valence-electron chi connectivity index (χ0n) is 33.5. The lowest BCUT2D eigenvalue weighted by atomic mass is 9.53. The van der Waals surface area contributed by atoms with E-state index >= 15 is 0 Å². The number of rotatable bonds is 30. The monoisotopic (exact) mass is 698 g/mol. The third-order valence-corrected chi connectivity index (χ3v) is 13.3. The Kier molecular flexibility index (Phi) is 20.2. The van der Waals surface area contributed by atoms with Crippen molar-refractivity contribution >= 4 is 11.8 Å². The zero-order valence-corrected chi connectivity index (χ0v) is 33.5. The summed E-state index contributed by atoms with van der Waals surface area (Å²) >= 11 is 0. The maximum absolute atomic E-state index is 14.5. The summed E-state index contributed by atoms with van der Waals surface area (Å²) in [6.45, 7) is 8.76. The highest BCUT2D eigenvalue weighted by atomic mass is 16.2. The maximum Gasteiger partial charge on any atom is 0.243 e. The summed E-state index contributed by atoms with van der Waals surface area (Å²) in [7, 11) is 0. The molecule has 5 rings (SSSR count). The predicted molar refractivity (Wildman–Crippen MR) is 212 cm³/mol. The van der Waals surface area contributed by atoms with Crippen LogP contribution >= 0.6 is 0 Å². The molecule has 1 atom stereocenters. The molecule has 1 aliphatic heterocycles. The summed E-state index contributed by atoms with van der Waals surface area (Å²) in [5.74, 6) is 2.86. The Morgan fingerprint density at radius 2 is 1.06 bits per heavy atom. The van der Waals surface area contributed by atoms with E-state index in [1.165, 1.54) is 180 Å². The van der Waals surface area contributed by atoms with E-state index in [0.29, 0.717) is 6.42 Å². The van der Waals surface area contributed by atoms with Crippen LogP contribution in [0.1, 0.15) is 219 Å². The number of hydrogen-bond acceptors (Lipinski definition) is 3. The van der Waals surface area contributed by atoms with E-state index in [4.69, 9.17) is 0 Å². The van der Waals surface area contributed by atoms with E-state index < -0.39 is 0 Å². The van der Waals surface area contributed by atoms with Gasteiger partial charge < -0.3 is 15.1 Å². The van der Waals surface area contributed by atoms with Gasteiger partial charge in [-0.3, -0.25) is 9.59 Å². The van der Waals surface area contributed by atoms with Crippen LogP contribution in [0.15, 0.2) is 0 Å². The third-order valence-electron chi connectivity index (χ3n) is 13.3. The highest BCUT2D eigenvalue weighted by Gasteiger charge is 2.52. The number of nitrogens with zero attached hydrogens (tertiary/aromatic N) is 2. The molecule has 5 fully saturated rings. The Hall–Kier alpha value is -1.10. The molecule has 4 saturated carbocycles. The van der Waals surface area contributed by atoms with Crippen molar-refractivity contribution in [1.82, 2.24) is 15.1 Å². The predicted octanol–water partition coefficient (Wildman–Crippen LogP) is 11.8. The van der Waals surface area contributed by atoms with Crippen LogP contribution in [-0.2, 0) is 9.59 Å². The van der Waals surface area contributed by atoms with Crippen molar-refractivity contribution in [3.8, 4) is 0 Å². The molecule has 0 aromatic heterocycles. The fraction of sp³-hybridized carbons (Fsp3) is 0.956. The molecule has 1 unspecified atom stereocenters. The zero-order chi connectivity index (χ0) is 35.3. The molecule has 5 aliphatic rings. The minimum absolute atomic E-state index is 0.00369. The van der Waals surface area contributed by atoms with Gasteiger partial charge in [0.15, 0.2) is 0 Å². The minimum atomic E-state index is -0.295. The van der Waals surface area contributed by atoms with E-state index in [1.807, 2.05) is 0 Å². The molecule has 0 radical (unpaired) electrons. The van der Waals surface area contributed by atoms with Crippen molar-refractivity contribution in [3.63, 3.8) is 0 Å². The Balaban J connectivity index is 1.24. The van der Waals surface area contributed by atoms with E-state index in [0.717, 1.165) is 62.9 Å². The van der Waals surface area contributed by atoms with Crippen LogP contribution < -0.4 is 5.32 Å². The minimum Gasteiger partial charge on any atom is -0.349 e. The van der Waals surface area contributed by atoms with Gasteiger partial charge >= 0.3 is 0 Å². The topological polar surface area (TPSA) is 52.7 Å². The first-order valence-corrected chi connectivity index (χ1v) is 22.9. The number of unbranched alkanes of at least 4 members (excludes halogenated alkanes) is 19. The Bertz CT molecular complexity index is 879. The Morgan fingerprint density at radius 1 is 0.620 bits per heavy atom. The van der Waals surface area contributed by atoms with Crippen molar-refractivity contribution in [2.45, 2.75) is 231 Å². The van der Waals surface area contributed by atoms with Crippen LogP contribution in [0.4, 0.5) is 0 Å². The van der Waals surface area contributed by atoms with E-state index in [2.05, 4.69) is 29.0 Å². The second-order valence-electron chi connectivity index (χ2n) is 17.9. The van der Waals surface area contributed by atoms with Gasteiger partial charge in [-0.2, -0.15) is 0 Å². The van der Waals surface area contributed by atoms with Crippen LogP contribution in [0, 0.1) is 17.8 Å². The molecular formula is C45H83N3O2. The molecule has 0 spiro atoms. The second-order valence-corrected chi connectivity index (χ2v) is 17.9. The SMILES string of the molecule is CCCCCCCCCCCCCCCCCC(=O)N(CCCN1CCCC1)C(CCCCCCCC)C(=O)NC12CC3CC(CC(C3)C1)C2. The molecule has 1 saturated heterocycles. The summed E-state index contributed by atoms with van der Waals surface area (Å²) < 4.78 is 0. The van der Waals surface area contributed by atoms with Crippen LogP contribution in [0.2, 0.25) is 0 Å². The molecule has 50 heavy (non-hydrogen) atoms. The molecule has 5 nitrogen and oxygen atoms in total. The van der Waals surface area contributed by atoms with Crippen molar-refractivity contribution in [2.75, 3.05) is 26.2 Å². The quantitative estimate of drug-likeness (QED) is 0.0760. The van der Waals surface area contributed by atoms with Gasteiger partial charge in [-0.25, -0.2) is 0 Å². The van der Waals surface area contributed by atoms with Gasteiger partial charge in [0.25, 0.3) is 0 Å². The van der Waals surface area contributed by atoms with Gasteiger partial charge in [-0.05, 0) is 108 Å². The number of carbonyl (C=O) groups is 2. The van der Waals surface area contributed by atoms with E-state index in [-0.39, 0.29) is 23.4 Å². The summed E-state index contributed by atoms with van der Waals surface area (Å²) in [6.07, 6.45) is 40.1. The number of carbonyl (C=O) groups excluding carboxylic acids is 2. The summed E-state index contributed by atoms with van der Waals surface area (Å²) in [5.41, 5.74) is 0.00369. The second kappa shape index (κ2) is 24.3. The molecule has 2 amide bonds. The molecule has 0 aromatic rings. The fourth-order valence-corrected chi connectivity index (χ4v) is 10.9. The average molecular weight is 698 g/mol. The van der Waals surface area contributed by atoms with Crippen molar-refractivity contribution in [1.29, 1.82) is 0 Å². The molecule has 4 aliphatic carbocycles. The highest BCUT2D eigenvalue weighted by molar-refractivity contribution is 5.88. The van der Waals surface area contributed by atoms with Crippen molar-refractivity contribution in [2.24, 2.45) is 17.8 Å². The highest BCUT2D eigenvalue weighted by Crippen LogP contribution is 2.55. The lowest BCUT2D eigenvalue weighted by Gasteiger charge is -2.57. The van der Waals surface area contributed by atoms with E-state index in [1.54, 1.807) is 0 Å². The van der Waals surface area contributed by atoms with Crippen molar-refractivity contribution < 1.29 is 9.59 Å². The van der Waals surface area contributed by atoms with Gasteiger partial charge in [0.2, 0.25) is 11.8 Å². The summed E-state index contributed by atoms with van der Waals surface area (Å²) in [4.78, 5) is 33.2. The number of hydrogen-bond donors (Lipinski definition) is 1. The first-order valence-electron chi connectivity index (χ1n) is 22.9. The first kappa shape index (κ1) is 41.7. The summed E-state index contributed by atoms with van der Waals surface area (Å²) in [5, 5.41) is 3.73. The van der Waals surface area contributed by atoms with Gasteiger partial charge in [-0.1, -0.05) is 142 Å². The average Bonchev–Trinajstić information content (AvgIpc) is 3.61. The third kappa shape index (κ3) is 15.1. The number of nitrogens with one attached hydrogen (secondary N) is 1. The standard InChI is InChI=1S/C45H83N3O2/c1-3-5-7-9-11-12-13-14-15-16-17-18-19-21-23-28-43(49)48(32-26-31-47-29-24-25-30-47)42(27-22-20-10-8-6-4-2)44(50)46-45-36-39-33-40(37-45)35-41(34-39)38-45/h39-42H,3-38H2,1-2H3,(H,46,50). The first-order chi connectivity index (χ1) is 24.5. The van der Waals surface area contributed by atoms with Crippen molar-refractivity contribution in [3.05, 3.63) is 0 Å². The number of amides is 2. The molecular weight excluding hydrogens is 615 g/mol. The molecule has 290 valence electrons. The maximum atomic E-state index is 14.5. The normalized spacial score (nSPS) is 25.0.